The predicted molar refractivity (Wildman–Crippen MR) is 95.9 cm³/mol. The first-order chi connectivity index (χ1) is 12.9. The van der Waals surface area contributed by atoms with E-state index in [2.05, 4.69) is 0 Å². The molecule has 0 saturated heterocycles. The summed E-state index contributed by atoms with van der Waals surface area (Å²) in [5, 5.41) is 0. The molecular formula is C19H17NO6S. The highest BCUT2D eigenvalue weighted by atomic mass is 32.2. The summed E-state index contributed by atoms with van der Waals surface area (Å²) < 4.78 is 29.2. The smallest absolute Gasteiger partial charge is 0.306 e. The van der Waals surface area contributed by atoms with Crippen LogP contribution >= 0.6 is 0 Å². The van der Waals surface area contributed by atoms with Crippen molar-refractivity contribution >= 4 is 27.6 Å². The Morgan fingerprint density at radius 2 is 1.44 bits per heavy atom. The Morgan fingerprint density at radius 1 is 0.889 bits per heavy atom. The van der Waals surface area contributed by atoms with E-state index in [0.29, 0.717) is 11.1 Å². The minimum atomic E-state index is -3.57. The molecule has 1 aliphatic rings. The molecule has 27 heavy (non-hydrogen) atoms. The van der Waals surface area contributed by atoms with Crippen LogP contribution in [0.3, 0.4) is 0 Å². The molecule has 8 heteroatoms. The average Bonchev–Trinajstić information content (AvgIpc) is 2.92. The number of sulfone groups is 1. The molecule has 0 fully saturated rings. The van der Waals surface area contributed by atoms with Crippen LogP contribution in [0, 0.1) is 0 Å². The summed E-state index contributed by atoms with van der Waals surface area (Å²) in [6.45, 7) is -0.265. The lowest BCUT2D eigenvalue weighted by molar-refractivity contribution is -0.143. The number of rotatable bonds is 7. The van der Waals surface area contributed by atoms with Gasteiger partial charge in [0.15, 0.2) is 9.84 Å². The first-order valence-electron chi connectivity index (χ1n) is 8.29. The second-order valence-electron chi connectivity index (χ2n) is 5.91. The largest absolute Gasteiger partial charge is 0.464 e. The molecule has 0 atom stereocenters. The Morgan fingerprint density at radius 3 is 2.04 bits per heavy atom. The molecule has 0 unspecified atom stereocenters. The van der Waals surface area contributed by atoms with Crippen molar-refractivity contribution in [1.82, 2.24) is 4.90 Å². The van der Waals surface area contributed by atoms with E-state index in [1.165, 1.54) is 12.1 Å². The molecule has 7 nitrogen and oxygen atoms in total. The Hall–Kier alpha value is -3.00. The van der Waals surface area contributed by atoms with Crippen molar-refractivity contribution in [2.24, 2.45) is 0 Å². The van der Waals surface area contributed by atoms with Gasteiger partial charge in [0.25, 0.3) is 11.8 Å². The van der Waals surface area contributed by atoms with Crippen LogP contribution in [0.1, 0.15) is 27.1 Å². The zero-order valence-electron chi connectivity index (χ0n) is 14.3. The van der Waals surface area contributed by atoms with Gasteiger partial charge in [0.2, 0.25) is 0 Å². The van der Waals surface area contributed by atoms with E-state index < -0.39 is 27.6 Å². The summed E-state index contributed by atoms with van der Waals surface area (Å²) in [5.41, 5.74) is 0.644. The van der Waals surface area contributed by atoms with Gasteiger partial charge in [-0.3, -0.25) is 19.3 Å². The molecule has 0 radical (unpaired) electrons. The number of fused-ring (bicyclic) bond motifs is 1. The zero-order valence-corrected chi connectivity index (χ0v) is 15.1. The maximum Gasteiger partial charge on any atom is 0.306 e. The molecule has 0 aromatic heterocycles. The van der Waals surface area contributed by atoms with Crippen molar-refractivity contribution in [2.45, 2.75) is 11.3 Å². The van der Waals surface area contributed by atoms with Crippen molar-refractivity contribution in [3.05, 3.63) is 65.7 Å². The van der Waals surface area contributed by atoms with E-state index in [1.54, 1.807) is 42.5 Å². The molecule has 0 spiro atoms. The summed E-state index contributed by atoms with van der Waals surface area (Å²) in [5.74, 6) is -1.94. The highest BCUT2D eigenvalue weighted by Gasteiger charge is 2.34. The van der Waals surface area contributed by atoms with Crippen LogP contribution < -0.4 is 0 Å². The van der Waals surface area contributed by atoms with Crippen LogP contribution in [0.4, 0.5) is 0 Å². The number of carbonyl (C=O) groups excluding carboxylic acids is 3. The highest BCUT2D eigenvalue weighted by Crippen LogP contribution is 2.22. The maximum absolute atomic E-state index is 12.2. The lowest BCUT2D eigenvalue weighted by atomic mass is 10.1. The van der Waals surface area contributed by atoms with Crippen LogP contribution in [0.2, 0.25) is 0 Å². The number of hydrogen-bond donors (Lipinski definition) is 0. The summed E-state index contributed by atoms with van der Waals surface area (Å²) in [7, 11) is -3.57. The van der Waals surface area contributed by atoms with Crippen LogP contribution in [-0.4, -0.2) is 50.0 Å². The minimum Gasteiger partial charge on any atom is -0.464 e. The molecule has 1 heterocycles. The van der Waals surface area contributed by atoms with Gasteiger partial charge in [0.1, 0.15) is 6.61 Å². The van der Waals surface area contributed by atoms with Gasteiger partial charge in [-0.05, 0) is 24.3 Å². The Kier molecular flexibility index (Phi) is 5.36. The predicted octanol–water partition coefficient (Wildman–Crippen LogP) is 1.69. The van der Waals surface area contributed by atoms with Crippen LogP contribution in [-0.2, 0) is 19.4 Å². The van der Waals surface area contributed by atoms with Crippen LogP contribution in [0.5, 0.6) is 0 Å². The van der Waals surface area contributed by atoms with Crippen molar-refractivity contribution < 1.29 is 27.5 Å². The number of benzene rings is 2. The quantitative estimate of drug-likeness (QED) is 0.530. The van der Waals surface area contributed by atoms with Crippen LogP contribution in [0.25, 0.3) is 0 Å². The Balaban J connectivity index is 1.48. The topological polar surface area (TPSA) is 97.8 Å². The number of ether oxygens (including phenoxy) is 1. The van der Waals surface area contributed by atoms with E-state index in [1.807, 2.05) is 0 Å². The average molecular weight is 387 g/mol. The monoisotopic (exact) mass is 387 g/mol. The maximum atomic E-state index is 12.2. The molecule has 140 valence electrons. The lowest BCUT2D eigenvalue weighted by Gasteiger charge is -2.13. The van der Waals surface area contributed by atoms with Crippen LogP contribution in [0.15, 0.2) is 59.5 Å². The molecule has 2 amide bonds. The summed E-state index contributed by atoms with van der Waals surface area (Å²) >= 11 is 0. The van der Waals surface area contributed by atoms with Gasteiger partial charge < -0.3 is 4.74 Å². The second-order valence-corrected chi connectivity index (χ2v) is 8.02. The van der Waals surface area contributed by atoms with E-state index in [4.69, 9.17) is 4.74 Å². The number of imide groups is 1. The van der Waals surface area contributed by atoms with Crippen molar-refractivity contribution in [3.63, 3.8) is 0 Å². The number of esters is 1. The van der Waals surface area contributed by atoms with Gasteiger partial charge in [-0.2, -0.15) is 0 Å². The number of carbonyl (C=O) groups is 3. The molecule has 2 aromatic carbocycles. The summed E-state index contributed by atoms with van der Waals surface area (Å²) in [6, 6.07) is 14.3. The van der Waals surface area contributed by atoms with Crippen molar-refractivity contribution in [1.29, 1.82) is 0 Å². The third kappa shape index (κ3) is 4.06. The summed E-state index contributed by atoms with van der Waals surface area (Å²) in [6.07, 6.45) is -0.306. The fourth-order valence-electron chi connectivity index (χ4n) is 2.73. The third-order valence-electron chi connectivity index (χ3n) is 4.13. The van der Waals surface area contributed by atoms with E-state index in [-0.39, 0.29) is 30.2 Å². The zero-order chi connectivity index (χ0) is 19.4. The number of nitrogens with zero attached hydrogens (tertiary/aromatic N) is 1. The SMILES string of the molecule is O=C(CCS(=O)(=O)c1ccccc1)OCCN1C(=O)c2ccccc2C1=O. The second kappa shape index (κ2) is 7.71. The van der Waals surface area contributed by atoms with E-state index in [0.717, 1.165) is 4.90 Å². The normalized spacial score (nSPS) is 13.6. The van der Waals surface area contributed by atoms with Gasteiger partial charge in [0.05, 0.1) is 34.7 Å². The Labute approximate surface area is 156 Å². The van der Waals surface area contributed by atoms with E-state index in [9.17, 15) is 22.8 Å². The first-order valence-corrected chi connectivity index (χ1v) is 9.94. The van der Waals surface area contributed by atoms with Crippen molar-refractivity contribution in [2.75, 3.05) is 18.9 Å². The fourth-order valence-corrected chi connectivity index (χ4v) is 3.97. The van der Waals surface area contributed by atoms with Gasteiger partial charge >= 0.3 is 5.97 Å². The number of hydrogen-bond acceptors (Lipinski definition) is 6. The van der Waals surface area contributed by atoms with E-state index >= 15 is 0 Å². The molecule has 0 bridgehead atoms. The molecule has 1 aliphatic heterocycles. The molecule has 2 aromatic rings. The highest BCUT2D eigenvalue weighted by molar-refractivity contribution is 7.91. The Bertz CT molecular complexity index is 949. The minimum absolute atomic E-state index is 0.0798. The molecule has 3 rings (SSSR count). The van der Waals surface area contributed by atoms with Crippen molar-refractivity contribution in [3.8, 4) is 0 Å². The fraction of sp³-hybridized carbons (Fsp3) is 0.211. The lowest BCUT2D eigenvalue weighted by Crippen LogP contribution is -2.33. The molecule has 0 N–H and O–H groups in total. The molecule has 0 saturated carbocycles. The molecular weight excluding hydrogens is 370 g/mol. The van der Waals surface area contributed by atoms with Gasteiger partial charge in [-0.15, -0.1) is 0 Å². The third-order valence-corrected chi connectivity index (χ3v) is 5.87. The molecule has 0 aliphatic carbocycles. The standard InChI is InChI=1S/C19H17NO6S/c21-17(10-13-27(24,25)14-6-2-1-3-7-14)26-12-11-20-18(22)15-8-4-5-9-16(15)19(20)23/h1-9H,10-13H2. The van der Waals surface area contributed by atoms with Gasteiger partial charge in [-0.25, -0.2) is 8.42 Å². The van der Waals surface area contributed by atoms with Gasteiger partial charge in [0, 0.05) is 0 Å². The van der Waals surface area contributed by atoms with Gasteiger partial charge in [-0.1, -0.05) is 30.3 Å². The number of amides is 2. The first kappa shape index (κ1) is 18.8. The summed E-state index contributed by atoms with van der Waals surface area (Å²) in [4.78, 5) is 37.3.